The van der Waals surface area contributed by atoms with Crippen molar-refractivity contribution in [3.05, 3.63) is 16.1 Å². The van der Waals surface area contributed by atoms with Crippen LogP contribution in [-0.2, 0) is 6.42 Å². The lowest BCUT2D eigenvalue weighted by Crippen LogP contribution is -2.37. The van der Waals surface area contributed by atoms with Crippen molar-refractivity contribution in [2.45, 2.75) is 51.2 Å². The first kappa shape index (κ1) is 14.8. The smallest absolute Gasteiger partial charge is 0.314 e. The summed E-state index contributed by atoms with van der Waals surface area (Å²) >= 11 is 1.63. The molecule has 0 radical (unpaired) electrons. The second kappa shape index (κ2) is 6.22. The summed E-state index contributed by atoms with van der Waals surface area (Å²) in [4.78, 5) is 4.37. The van der Waals surface area contributed by atoms with Gasteiger partial charge in [0.2, 0.25) is 0 Å². The van der Waals surface area contributed by atoms with Gasteiger partial charge in [-0.2, -0.15) is 13.2 Å². The van der Waals surface area contributed by atoms with Crippen LogP contribution in [-0.4, -0.2) is 23.7 Å². The highest BCUT2D eigenvalue weighted by molar-refractivity contribution is 7.09. The number of hydrogen-bond donors (Lipinski definition) is 1. The van der Waals surface area contributed by atoms with E-state index in [4.69, 9.17) is 0 Å². The SMILES string of the molecule is Cc1nc(CCNC2CCC(C(F)(F)F)CC2)cs1. The van der Waals surface area contributed by atoms with Gasteiger partial charge in [0.1, 0.15) is 0 Å². The van der Waals surface area contributed by atoms with E-state index in [0.29, 0.717) is 12.8 Å². The lowest BCUT2D eigenvalue weighted by atomic mass is 9.85. The van der Waals surface area contributed by atoms with Crippen LogP contribution in [0.1, 0.15) is 36.4 Å². The Kier molecular flexibility index (Phi) is 4.84. The molecule has 1 N–H and O–H groups in total. The van der Waals surface area contributed by atoms with Gasteiger partial charge in [0.05, 0.1) is 16.6 Å². The van der Waals surface area contributed by atoms with Crippen LogP contribution < -0.4 is 5.32 Å². The molecule has 0 unspecified atom stereocenters. The Morgan fingerprint density at radius 3 is 2.53 bits per heavy atom. The molecule has 1 aromatic rings. The minimum Gasteiger partial charge on any atom is -0.314 e. The monoisotopic (exact) mass is 292 g/mol. The van der Waals surface area contributed by atoms with Crippen LogP contribution in [0, 0.1) is 12.8 Å². The number of hydrogen-bond acceptors (Lipinski definition) is 3. The molecule has 6 heteroatoms. The molecule has 0 aromatic carbocycles. The highest BCUT2D eigenvalue weighted by Crippen LogP contribution is 2.37. The third kappa shape index (κ3) is 4.45. The summed E-state index contributed by atoms with van der Waals surface area (Å²) in [5, 5.41) is 6.44. The van der Waals surface area contributed by atoms with Gasteiger partial charge in [0.15, 0.2) is 0 Å². The molecule has 1 fully saturated rings. The molecule has 0 atom stereocenters. The van der Waals surface area contributed by atoms with Crippen LogP contribution in [0.25, 0.3) is 0 Å². The maximum atomic E-state index is 12.5. The molecule has 1 heterocycles. The fourth-order valence-electron chi connectivity index (χ4n) is 2.55. The van der Waals surface area contributed by atoms with E-state index in [9.17, 15) is 13.2 Å². The second-order valence-electron chi connectivity index (χ2n) is 5.15. The van der Waals surface area contributed by atoms with Gasteiger partial charge in [-0.05, 0) is 32.6 Å². The average molecular weight is 292 g/mol. The molecular weight excluding hydrogens is 273 g/mol. The molecule has 1 aliphatic rings. The van der Waals surface area contributed by atoms with E-state index in [2.05, 4.69) is 10.3 Å². The molecular formula is C13H19F3N2S. The molecule has 19 heavy (non-hydrogen) atoms. The van der Waals surface area contributed by atoms with Gasteiger partial charge in [-0.1, -0.05) is 0 Å². The Labute approximate surface area is 115 Å². The quantitative estimate of drug-likeness (QED) is 0.915. The van der Waals surface area contributed by atoms with E-state index < -0.39 is 12.1 Å². The largest absolute Gasteiger partial charge is 0.391 e. The number of thiazole rings is 1. The van der Waals surface area contributed by atoms with Crippen LogP contribution in [0.2, 0.25) is 0 Å². The first-order valence-corrected chi connectivity index (χ1v) is 7.54. The maximum absolute atomic E-state index is 12.5. The predicted molar refractivity (Wildman–Crippen MR) is 70.4 cm³/mol. The van der Waals surface area contributed by atoms with Crippen molar-refractivity contribution in [3.63, 3.8) is 0 Å². The predicted octanol–water partition coefficient (Wildman–Crippen LogP) is 3.70. The molecule has 0 spiro atoms. The second-order valence-corrected chi connectivity index (χ2v) is 6.21. The summed E-state index contributed by atoms with van der Waals surface area (Å²) < 4.78 is 37.5. The average Bonchev–Trinajstić information content (AvgIpc) is 2.75. The van der Waals surface area contributed by atoms with E-state index >= 15 is 0 Å². The number of alkyl halides is 3. The van der Waals surface area contributed by atoms with Gasteiger partial charge >= 0.3 is 6.18 Å². The first-order valence-electron chi connectivity index (χ1n) is 6.66. The van der Waals surface area contributed by atoms with Crippen LogP contribution in [0.4, 0.5) is 13.2 Å². The van der Waals surface area contributed by atoms with Crippen molar-refractivity contribution in [1.82, 2.24) is 10.3 Å². The zero-order valence-electron chi connectivity index (χ0n) is 11.0. The summed E-state index contributed by atoms with van der Waals surface area (Å²) in [5.41, 5.74) is 1.07. The first-order chi connectivity index (χ1) is 8.95. The van der Waals surface area contributed by atoms with E-state index in [1.165, 1.54) is 0 Å². The number of nitrogens with zero attached hydrogens (tertiary/aromatic N) is 1. The van der Waals surface area contributed by atoms with Gasteiger partial charge in [-0.3, -0.25) is 0 Å². The van der Waals surface area contributed by atoms with E-state index in [1.807, 2.05) is 12.3 Å². The van der Waals surface area contributed by atoms with Crippen LogP contribution in [0.3, 0.4) is 0 Å². The minimum absolute atomic E-state index is 0.235. The zero-order valence-corrected chi connectivity index (χ0v) is 11.8. The molecule has 2 rings (SSSR count). The minimum atomic E-state index is -4.01. The Morgan fingerprint density at radius 2 is 2.00 bits per heavy atom. The molecule has 108 valence electrons. The number of aryl methyl sites for hydroxylation is 1. The molecule has 1 aromatic heterocycles. The summed E-state index contributed by atoms with van der Waals surface area (Å²) in [6.07, 6.45) is -1.39. The molecule has 0 saturated heterocycles. The van der Waals surface area contributed by atoms with Crippen molar-refractivity contribution < 1.29 is 13.2 Å². The Morgan fingerprint density at radius 1 is 1.32 bits per heavy atom. The van der Waals surface area contributed by atoms with Crippen molar-refractivity contribution >= 4 is 11.3 Å². The molecule has 1 saturated carbocycles. The number of halogens is 3. The van der Waals surface area contributed by atoms with Crippen LogP contribution >= 0.6 is 11.3 Å². The third-order valence-electron chi connectivity index (χ3n) is 3.67. The summed E-state index contributed by atoms with van der Waals surface area (Å²) in [6, 6.07) is 0.235. The summed E-state index contributed by atoms with van der Waals surface area (Å²) in [5.74, 6) is -1.09. The summed E-state index contributed by atoms with van der Waals surface area (Å²) in [6.45, 7) is 2.77. The molecule has 0 amide bonds. The van der Waals surface area contributed by atoms with Gasteiger partial charge in [-0.15, -0.1) is 11.3 Å². The highest BCUT2D eigenvalue weighted by Gasteiger charge is 2.41. The number of aromatic nitrogens is 1. The van der Waals surface area contributed by atoms with Crippen molar-refractivity contribution in [1.29, 1.82) is 0 Å². The molecule has 0 aliphatic heterocycles. The fourth-order valence-corrected chi connectivity index (χ4v) is 3.20. The molecule has 1 aliphatic carbocycles. The lowest BCUT2D eigenvalue weighted by molar-refractivity contribution is -0.182. The van der Waals surface area contributed by atoms with E-state index in [-0.39, 0.29) is 18.9 Å². The van der Waals surface area contributed by atoms with E-state index in [0.717, 1.165) is 23.7 Å². The molecule has 2 nitrogen and oxygen atoms in total. The number of nitrogens with one attached hydrogen (secondary N) is 1. The fraction of sp³-hybridized carbons (Fsp3) is 0.769. The zero-order chi connectivity index (χ0) is 13.9. The third-order valence-corrected chi connectivity index (χ3v) is 4.49. The van der Waals surface area contributed by atoms with Gasteiger partial charge in [-0.25, -0.2) is 4.98 Å². The van der Waals surface area contributed by atoms with Gasteiger partial charge in [0.25, 0.3) is 0 Å². The van der Waals surface area contributed by atoms with Crippen molar-refractivity contribution in [3.8, 4) is 0 Å². The Hall–Kier alpha value is -0.620. The van der Waals surface area contributed by atoms with Crippen LogP contribution in [0.5, 0.6) is 0 Å². The maximum Gasteiger partial charge on any atom is 0.391 e. The summed E-state index contributed by atoms with van der Waals surface area (Å²) in [7, 11) is 0. The topological polar surface area (TPSA) is 24.9 Å². The Balaban J connectivity index is 1.66. The molecule has 0 bridgehead atoms. The van der Waals surface area contributed by atoms with Crippen molar-refractivity contribution in [2.24, 2.45) is 5.92 Å². The van der Waals surface area contributed by atoms with Gasteiger partial charge < -0.3 is 5.32 Å². The highest BCUT2D eigenvalue weighted by atomic mass is 32.1. The van der Waals surface area contributed by atoms with Gasteiger partial charge in [0, 0.05) is 24.4 Å². The lowest BCUT2D eigenvalue weighted by Gasteiger charge is -2.30. The van der Waals surface area contributed by atoms with Crippen molar-refractivity contribution in [2.75, 3.05) is 6.54 Å². The normalized spacial score (nSPS) is 24.6. The standard InChI is InChI=1S/C13H19F3N2S/c1-9-18-12(8-19-9)6-7-17-11-4-2-10(3-5-11)13(14,15)16/h8,10-11,17H,2-7H2,1H3. The van der Waals surface area contributed by atoms with E-state index in [1.54, 1.807) is 11.3 Å². The van der Waals surface area contributed by atoms with Crippen LogP contribution in [0.15, 0.2) is 5.38 Å². The number of rotatable bonds is 4. The Bertz CT molecular complexity index is 395.